The molecule has 320 valence electrons. The van der Waals surface area contributed by atoms with Gasteiger partial charge in [0, 0.05) is 25.0 Å². The third-order valence-electron chi connectivity index (χ3n) is 9.97. The van der Waals surface area contributed by atoms with E-state index >= 15 is 0 Å². The van der Waals surface area contributed by atoms with E-state index in [4.69, 9.17) is 0 Å². The van der Waals surface area contributed by atoms with Gasteiger partial charge in [-0.1, -0.05) is 140 Å². The molecule has 3 amide bonds. The van der Waals surface area contributed by atoms with Gasteiger partial charge in [-0.25, -0.2) is 0 Å². The summed E-state index contributed by atoms with van der Waals surface area (Å²) < 4.78 is 0. The van der Waals surface area contributed by atoms with Gasteiger partial charge < -0.3 is 26.2 Å². The summed E-state index contributed by atoms with van der Waals surface area (Å²) in [6.07, 6.45) is 17.1. The van der Waals surface area contributed by atoms with E-state index in [0.717, 1.165) is 44.9 Å². The van der Waals surface area contributed by atoms with Crippen LogP contribution in [0.5, 0.6) is 0 Å². The highest BCUT2D eigenvalue weighted by molar-refractivity contribution is 5.98. The molecule has 1 saturated carbocycles. The Balaban J connectivity index is 0. The number of unbranched alkanes of at least 4 members (excludes halogenated alkanes) is 2. The standard InChI is InChI=1S/C35H61N5O4.C6H12.C3H8.C2H6/c1-10-16-27(29(41)12-3)39-33(43)28-21-25(11-2)22-40(28)34(44)32(26-17-14-13-15-18-26)38-24(6)37-30(35(7,8)9)19-20-31(42)36-23(4)5;1-3-5-6-4-2;1-3-2;1-2/h12,23,25-28,30,32,37-38H,3,6,10-11,13-22H2,1-2,4-5,7-9H3,(H,36,42)(H,39,43);3H,1,4-6H2,2H3;3H2,1-2H3;1-2H3/t25-,27?,28?,30?,32?;;;/m1.../s1. The number of rotatable bonds is 20. The summed E-state index contributed by atoms with van der Waals surface area (Å²) >= 11 is 0. The molecule has 4 unspecified atom stereocenters. The minimum Gasteiger partial charge on any atom is -0.369 e. The van der Waals surface area contributed by atoms with E-state index in [1.54, 1.807) is 4.90 Å². The molecule has 0 aromatic heterocycles. The molecule has 0 aromatic carbocycles. The molecule has 9 nitrogen and oxygen atoms in total. The minimum atomic E-state index is -0.629. The lowest BCUT2D eigenvalue weighted by molar-refractivity contribution is -0.141. The summed E-state index contributed by atoms with van der Waals surface area (Å²) in [6, 6.07) is -1.73. The van der Waals surface area contributed by atoms with Crippen molar-refractivity contribution in [3.05, 3.63) is 37.7 Å². The highest BCUT2D eigenvalue weighted by Crippen LogP contribution is 2.32. The van der Waals surface area contributed by atoms with Crippen LogP contribution in [-0.2, 0) is 19.2 Å². The Morgan fingerprint density at radius 3 is 1.91 bits per heavy atom. The second-order valence-electron chi connectivity index (χ2n) is 16.4. The van der Waals surface area contributed by atoms with Crippen LogP contribution < -0.4 is 21.3 Å². The summed E-state index contributed by atoms with van der Waals surface area (Å²) in [5.74, 6) is 0.359. The molecule has 2 aliphatic rings. The van der Waals surface area contributed by atoms with Gasteiger partial charge in [-0.3, -0.25) is 19.2 Å². The average Bonchev–Trinajstić information content (AvgIpc) is 3.60. The van der Waals surface area contributed by atoms with Crippen molar-refractivity contribution < 1.29 is 19.2 Å². The summed E-state index contributed by atoms with van der Waals surface area (Å²) in [4.78, 5) is 54.7. The van der Waals surface area contributed by atoms with Crippen LogP contribution in [-0.4, -0.2) is 65.2 Å². The molecule has 0 spiro atoms. The first kappa shape index (κ1) is 54.0. The molecule has 1 aliphatic heterocycles. The van der Waals surface area contributed by atoms with E-state index in [2.05, 4.69) is 89.5 Å². The Morgan fingerprint density at radius 1 is 0.855 bits per heavy atom. The largest absolute Gasteiger partial charge is 0.369 e. The fourth-order valence-corrected chi connectivity index (χ4v) is 6.90. The Morgan fingerprint density at radius 2 is 1.45 bits per heavy atom. The maximum atomic E-state index is 14.4. The lowest BCUT2D eigenvalue weighted by atomic mass is 9.82. The highest BCUT2D eigenvalue weighted by Gasteiger charge is 2.44. The van der Waals surface area contributed by atoms with Crippen LogP contribution >= 0.6 is 0 Å². The zero-order valence-corrected chi connectivity index (χ0v) is 37.7. The number of allylic oxidation sites excluding steroid dienone is 1. The molecule has 55 heavy (non-hydrogen) atoms. The lowest BCUT2D eigenvalue weighted by Gasteiger charge is -2.38. The molecule has 1 saturated heterocycles. The first-order chi connectivity index (χ1) is 26.0. The summed E-state index contributed by atoms with van der Waals surface area (Å²) in [5, 5.41) is 12.9. The molecule has 2 fully saturated rings. The fourth-order valence-electron chi connectivity index (χ4n) is 6.90. The molecule has 1 heterocycles. The molecule has 4 N–H and O–H groups in total. The summed E-state index contributed by atoms with van der Waals surface area (Å²) in [6.45, 7) is 36.8. The second kappa shape index (κ2) is 31.0. The number of carbonyl (C=O) groups excluding carboxylic acids is 4. The van der Waals surface area contributed by atoms with Crippen molar-refractivity contribution >= 4 is 23.5 Å². The van der Waals surface area contributed by atoms with E-state index in [0.29, 0.717) is 38.0 Å². The van der Waals surface area contributed by atoms with Crippen molar-refractivity contribution in [3.8, 4) is 0 Å². The van der Waals surface area contributed by atoms with E-state index in [1.165, 1.54) is 31.8 Å². The predicted octanol–water partition coefficient (Wildman–Crippen LogP) is 9.78. The van der Waals surface area contributed by atoms with Gasteiger partial charge in [0.2, 0.25) is 17.7 Å². The zero-order chi connectivity index (χ0) is 42.6. The topological polar surface area (TPSA) is 120 Å². The molecule has 0 aromatic rings. The van der Waals surface area contributed by atoms with Crippen molar-refractivity contribution in [2.75, 3.05) is 6.54 Å². The molecular weight excluding hydrogens is 687 g/mol. The SMILES string of the molecule is C=CC(=O)C(CCC)NC(=O)C1C[C@@H](CC)CN1C(=O)C(NC(=C)NC(CCC(=O)NC(C)C)C(C)(C)C)C1CCCCC1.C=CCCCC.CC.CCC. The fraction of sp³-hybridized carbons (Fsp3) is 0.783. The first-order valence-electron chi connectivity index (χ1n) is 21.9. The maximum Gasteiger partial charge on any atom is 0.246 e. The van der Waals surface area contributed by atoms with Crippen LogP contribution in [0.1, 0.15) is 179 Å². The highest BCUT2D eigenvalue weighted by atomic mass is 16.2. The molecule has 9 heteroatoms. The molecule has 0 bridgehead atoms. The number of hydrogen-bond donors (Lipinski definition) is 4. The van der Waals surface area contributed by atoms with Gasteiger partial charge in [-0.05, 0) is 75.7 Å². The van der Waals surface area contributed by atoms with Crippen LogP contribution in [0.3, 0.4) is 0 Å². The number of carbonyl (C=O) groups is 4. The third-order valence-corrected chi connectivity index (χ3v) is 9.97. The van der Waals surface area contributed by atoms with Crippen LogP contribution in [0.25, 0.3) is 0 Å². The van der Waals surface area contributed by atoms with E-state index < -0.39 is 18.1 Å². The van der Waals surface area contributed by atoms with Gasteiger partial charge in [0.15, 0.2) is 5.78 Å². The lowest BCUT2D eigenvalue weighted by Crippen LogP contribution is -2.57. The Labute approximate surface area is 339 Å². The maximum absolute atomic E-state index is 14.4. The predicted molar refractivity (Wildman–Crippen MR) is 235 cm³/mol. The van der Waals surface area contributed by atoms with Crippen LogP contribution in [0, 0.1) is 17.3 Å². The number of likely N-dealkylation sites (tertiary alicyclic amines) is 1. The van der Waals surface area contributed by atoms with Gasteiger partial charge in [-0.15, -0.1) is 6.58 Å². The Bertz CT molecular complexity index is 1110. The third kappa shape index (κ3) is 22.3. The van der Waals surface area contributed by atoms with Crippen molar-refractivity contribution in [2.24, 2.45) is 17.3 Å². The van der Waals surface area contributed by atoms with Gasteiger partial charge in [0.25, 0.3) is 0 Å². The van der Waals surface area contributed by atoms with Crippen LogP contribution in [0.4, 0.5) is 0 Å². The van der Waals surface area contributed by atoms with Crippen molar-refractivity contribution in [3.63, 3.8) is 0 Å². The Hall–Kier alpha value is -3.10. The molecule has 0 radical (unpaired) electrons. The van der Waals surface area contributed by atoms with Gasteiger partial charge >= 0.3 is 0 Å². The molecule has 2 rings (SSSR count). The van der Waals surface area contributed by atoms with E-state index in [-0.39, 0.29) is 52.8 Å². The molecule has 1 aliphatic carbocycles. The van der Waals surface area contributed by atoms with E-state index in [9.17, 15) is 19.2 Å². The second-order valence-corrected chi connectivity index (χ2v) is 16.4. The van der Waals surface area contributed by atoms with Crippen LogP contribution in [0.15, 0.2) is 37.7 Å². The van der Waals surface area contributed by atoms with Gasteiger partial charge in [0.1, 0.15) is 12.1 Å². The zero-order valence-electron chi connectivity index (χ0n) is 37.7. The number of nitrogens with zero attached hydrogens (tertiary/aromatic N) is 1. The van der Waals surface area contributed by atoms with Crippen LogP contribution in [0.2, 0.25) is 0 Å². The number of nitrogens with one attached hydrogen (secondary N) is 4. The average molecular weight is 774 g/mol. The number of hydrogen-bond acceptors (Lipinski definition) is 6. The Kier molecular flexibility index (Phi) is 30.5. The smallest absolute Gasteiger partial charge is 0.246 e. The molecule has 5 atom stereocenters. The van der Waals surface area contributed by atoms with E-state index in [1.807, 2.05) is 40.7 Å². The van der Waals surface area contributed by atoms with Gasteiger partial charge in [-0.2, -0.15) is 0 Å². The number of ketones is 1. The first-order valence-corrected chi connectivity index (χ1v) is 21.9. The number of amides is 3. The molecular formula is C46H87N5O4. The van der Waals surface area contributed by atoms with Crippen molar-refractivity contribution in [1.29, 1.82) is 0 Å². The van der Waals surface area contributed by atoms with Gasteiger partial charge in [0.05, 0.1) is 11.9 Å². The van der Waals surface area contributed by atoms with Crippen molar-refractivity contribution in [1.82, 2.24) is 26.2 Å². The monoisotopic (exact) mass is 774 g/mol. The summed E-state index contributed by atoms with van der Waals surface area (Å²) in [5.41, 5.74) is -0.155. The summed E-state index contributed by atoms with van der Waals surface area (Å²) in [7, 11) is 0. The minimum absolute atomic E-state index is 0.0182. The normalized spacial score (nSPS) is 18.3. The quantitative estimate of drug-likeness (QED) is 0.0556. The van der Waals surface area contributed by atoms with Crippen molar-refractivity contribution in [2.45, 2.75) is 210 Å².